The van der Waals surface area contributed by atoms with E-state index in [1.807, 2.05) is 0 Å². The van der Waals surface area contributed by atoms with Gasteiger partial charge in [0, 0.05) is 17.7 Å². The molecule has 1 unspecified atom stereocenters. The van der Waals surface area contributed by atoms with E-state index in [0.717, 1.165) is 0 Å². The Bertz CT molecular complexity index is 1220. The number of rotatable bonds is 7. The average Bonchev–Trinajstić information content (AvgIpc) is 3.57. The molecule has 7 nitrogen and oxygen atoms in total. The van der Waals surface area contributed by atoms with Crippen molar-refractivity contribution in [1.29, 1.82) is 0 Å². The normalized spacial score (nSPS) is 26.5. The number of benzene rings is 1. The third-order valence-electron chi connectivity index (χ3n) is 6.48. The van der Waals surface area contributed by atoms with E-state index in [1.54, 1.807) is 32.9 Å². The van der Waals surface area contributed by atoms with Crippen LogP contribution in [0.2, 0.25) is 0 Å². The van der Waals surface area contributed by atoms with Crippen molar-refractivity contribution in [2.45, 2.75) is 50.3 Å². The first-order valence-electron chi connectivity index (χ1n) is 10.9. The van der Waals surface area contributed by atoms with E-state index in [9.17, 15) is 13.4 Å². The van der Waals surface area contributed by atoms with E-state index in [-0.39, 0.29) is 35.0 Å². The third-order valence-corrected chi connectivity index (χ3v) is 9.58. The molecule has 1 saturated carbocycles. The summed E-state index contributed by atoms with van der Waals surface area (Å²) < 4.78 is 32.8. The van der Waals surface area contributed by atoms with Crippen molar-refractivity contribution >= 4 is 27.0 Å². The van der Waals surface area contributed by atoms with E-state index < -0.39 is 25.6 Å². The van der Waals surface area contributed by atoms with Crippen LogP contribution in [0.4, 0.5) is 4.39 Å². The summed E-state index contributed by atoms with van der Waals surface area (Å²) in [6.45, 7) is 5.77. The van der Waals surface area contributed by atoms with Crippen LogP contribution in [0.1, 0.15) is 55.2 Å². The number of aromatic nitrogens is 2. The number of Topliss-reactive ketones (excluding diaryl/α,β-unsaturated/α-hetero) is 1. The molecule has 33 heavy (non-hydrogen) atoms. The van der Waals surface area contributed by atoms with Gasteiger partial charge < -0.3 is 10.5 Å². The minimum Gasteiger partial charge on any atom is -0.476 e. The molecule has 1 aromatic heterocycles. The molecule has 0 saturated heterocycles. The molecule has 0 radical (unpaired) electrons. The first-order valence-corrected chi connectivity index (χ1v) is 12.8. The van der Waals surface area contributed by atoms with E-state index >= 15 is 0 Å². The highest BCUT2D eigenvalue weighted by molar-refractivity contribution is 8.02. The lowest BCUT2D eigenvalue weighted by molar-refractivity contribution is 0.0987. The number of nitrogens with zero attached hydrogens (tertiary/aromatic N) is 3. The van der Waals surface area contributed by atoms with Crippen LogP contribution in [0.25, 0.3) is 0 Å². The summed E-state index contributed by atoms with van der Waals surface area (Å²) in [5, 5.41) is 0. The fourth-order valence-corrected chi connectivity index (χ4v) is 5.70. The number of ether oxygens (including phenoxy) is 1. The lowest BCUT2D eigenvalue weighted by Crippen LogP contribution is -2.54. The summed E-state index contributed by atoms with van der Waals surface area (Å²) in [5.41, 5.74) is 6.00. The van der Waals surface area contributed by atoms with Crippen molar-refractivity contribution in [2.75, 3.05) is 12.4 Å². The number of carbonyl (C=O) groups excluding carboxylic acids is 1. The predicted octanol–water partition coefficient (Wildman–Crippen LogP) is 2.91. The summed E-state index contributed by atoms with van der Waals surface area (Å²) in [5.74, 6) is 4.34. The molecule has 1 aliphatic heterocycles. The van der Waals surface area contributed by atoms with Crippen LogP contribution in [0, 0.1) is 11.7 Å². The van der Waals surface area contributed by atoms with Gasteiger partial charge in [0.1, 0.15) is 17.3 Å². The summed E-state index contributed by atoms with van der Waals surface area (Å²) in [6, 6.07) is 4.42. The topological polar surface area (TPSA) is 108 Å². The average molecular weight is 473 g/mol. The van der Waals surface area contributed by atoms with E-state index in [4.69, 9.17) is 10.5 Å². The van der Waals surface area contributed by atoms with Gasteiger partial charge in [0.25, 0.3) is 0 Å². The fraction of sp³-hybridized carbons (Fsp3) is 0.458. The van der Waals surface area contributed by atoms with E-state index in [0.29, 0.717) is 24.0 Å². The number of carbonyl (C=O) groups is 1. The number of amidine groups is 1. The number of hydrogen-bond acceptors (Lipinski definition) is 7. The molecular formula is C24H29FN4O3S. The van der Waals surface area contributed by atoms with E-state index in [1.165, 1.54) is 31.3 Å². The standard InChI is InChI=1S/C24H29FN4O3S/c1-23(2)22(26)29-24(3,14-33(23,4)31)17-9-16(7-8-18(17)25)10-20(30)19-11-28-21(12-27-19)32-13-15-5-6-15/h7-9,11-12,15H,4-6,10,13-14H2,1-3H3,(H2,26,29)/t24-,33?/m0/s1. The van der Waals surface area contributed by atoms with Crippen molar-refractivity contribution in [3.63, 3.8) is 0 Å². The number of aliphatic imine (C=N–C) groups is 1. The first kappa shape index (κ1) is 23.4. The van der Waals surface area contributed by atoms with Gasteiger partial charge in [-0.2, -0.15) is 0 Å². The van der Waals surface area contributed by atoms with Gasteiger partial charge in [0.2, 0.25) is 5.88 Å². The number of halogens is 1. The van der Waals surface area contributed by atoms with Crippen LogP contribution >= 0.6 is 0 Å². The Morgan fingerprint density at radius 1 is 1.27 bits per heavy atom. The number of nitrogens with two attached hydrogens (primary N) is 1. The van der Waals surface area contributed by atoms with Crippen LogP contribution in [-0.2, 0) is 21.5 Å². The molecule has 176 valence electrons. The second-order valence-corrected chi connectivity index (χ2v) is 12.6. The van der Waals surface area contributed by atoms with Crippen molar-refractivity contribution in [2.24, 2.45) is 16.6 Å². The molecule has 2 aliphatic rings. The second-order valence-electron chi connectivity index (χ2n) is 9.65. The summed E-state index contributed by atoms with van der Waals surface area (Å²) >= 11 is 0. The van der Waals surface area contributed by atoms with Crippen molar-refractivity contribution < 1.29 is 18.1 Å². The van der Waals surface area contributed by atoms with Gasteiger partial charge >= 0.3 is 0 Å². The minimum atomic E-state index is -2.69. The van der Waals surface area contributed by atoms with Gasteiger partial charge in [0.05, 0.1) is 29.3 Å². The largest absolute Gasteiger partial charge is 0.476 e. The third kappa shape index (κ3) is 4.64. The SMILES string of the molecule is C=S1(=O)C[C@@](C)(c2cc(CC(=O)c3cnc(OCC4CC4)cn3)ccc2F)N=C(N)C1(C)C. The molecule has 1 aliphatic carbocycles. The smallest absolute Gasteiger partial charge is 0.232 e. The van der Waals surface area contributed by atoms with Gasteiger partial charge in [-0.15, -0.1) is 0 Å². The van der Waals surface area contributed by atoms with Crippen LogP contribution in [0.3, 0.4) is 0 Å². The lowest BCUT2D eigenvalue weighted by Gasteiger charge is -2.41. The minimum absolute atomic E-state index is 0.00472. The van der Waals surface area contributed by atoms with Crippen molar-refractivity contribution in [3.05, 3.63) is 53.2 Å². The Hall–Kier alpha value is -2.81. The van der Waals surface area contributed by atoms with Gasteiger partial charge in [-0.3, -0.25) is 14.0 Å². The molecule has 0 bridgehead atoms. The molecule has 4 rings (SSSR count). The zero-order valence-corrected chi connectivity index (χ0v) is 20.0. The molecule has 0 spiro atoms. The fourth-order valence-electron chi connectivity index (χ4n) is 3.79. The van der Waals surface area contributed by atoms with Gasteiger partial charge in [0.15, 0.2) is 5.78 Å². The highest BCUT2D eigenvalue weighted by Crippen LogP contribution is 2.38. The molecule has 2 aromatic rings. The zero-order valence-electron chi connectivity index (χ0n) is 19.1. The van der Waals surface area contributed by atoms with Crippen LogP contribution in [0.5, 0.6) is 5.88 Å². The molecule has 2 N–H and O–H groups in total. The van der Waals surface area contributed by atoms with Crippen molar-refractivity contribution in [1.82, 2.24) is 9.97 Å². The first-order chi connectivity index (χ1) is 15.4. The Balaban J connectivity index is 1.55. The van der Waals surface area contributed by atoms with Gasteiger partial charge in [-0.1, -0.05) is 6.07 Å². The molecular weight excluding hydrogens is 443 g/mol. The number of ketones is 1. The molecule has 1 aromatic carbocycles. The lowest BCUT2D eigenvalue weighted by atomic mass is 9.90. The Morgan fingerprint density at radius 3 is 2.61 bits per heavy atom. The highest BCUT2D eigenvalue weighted by atomic mass is 32.2. The highest BCUT2D eigenvalue weighted by Gasteiger charge is 2.45. The second kappa shape index (κ2) is 8.20. The summed E-state index contributed by atoms with van der Waals surface area (Å²) in [4.78, 5) is 25.6. The van der Waals surface area contributed by atoms with Gasteiger partial charge in [-0.25, -0.2) is 14.4 Å². The monoisotopic (exact) mass is 472 g/mol. The predicted molar refractivity (Wildman–Crippen MR) is 128 cm³/mol. The Kier molecular flexibility index (Phi) is 5.80. The molecule has 0 amide bonds. The maximum absolute atomic E-state index is 14.9. The molecule has 1 fully saturated rings. The zero-order chi connectivity index (χ0) is 24.0. The Morgan fingerprint density at radius 2 is 2.00 bits per heavy atom. The molecule has 9 heteroatoms. The van der Waals surface area contributed by atoms with E-state index in [2.05, 4.69) is 20.8 Å². The summed E-state index contributed by atoms with van der Waals surface area (Å²) in [6.07, 6.45) is 5.18. The van der Waals surface area contributed by atoms with Crippen LogP contribution in [-0.4, -0.2) is 48.8 Å². The maximum atomic E-state index is 14.9. The maximum Gasteiger partial charge on any atom is 0.232 e. The number of hydrogen-bond donors (Lipinski definition) is 1. The van der Waals surface area contributed by atoms with Crippen LogP contribution < -0.4 is 10.5 Å². The van der Waals surface area contributed by atoms with Crippen molar-refractivity contribution in [3.8, 4) is 5.88 Å². The quantitative estimate of drug-likeness (QED) is 0.490. The summed E-state index contributed by atoms with van der Waals surface area (Å²) in [7, 11) is -2.69. The van der Waals surface area contributed by atoms with Gasteiger partial charge in [-0.05, 0) is 72.6 Å². The Labute approximate surface area is 193 Å². The molecule has 2 atom stereocenters. The molecule has 2 heterocycles. The van der Waals surface area contributed by atoms with Crippen LogP contribution in [0.15, 0.2) is 35.6 Å².